The number of halogens is 1. The molecular formula is C10H17ClN2O2. The third kappa shape index (κ3) is 4.08. The Kier molecular flexibility index (Phi) is 4.39. The SMILES string of the molecule is CC1CC1CN(C)C(=O)NC(=O)CCCl. The molecule has 0 heterocycles. The van der Waals surface area contributed by atoms with Crippen LogP contribution in [0.25, 0.3) is 0 Å². The van der Waals surface area contributed by atoms with Crippen LogP contribution >= 0.6 is 11.6 Å². The van der Waals surface area contributed by atoms with Crippen molar-refractivity contribution < 1.29 is 9.59 Å². The summed E-state index contributed by atoms with van der Waals surface area (Å²) in [6.45, 7) is 2.89. The lowest BCUT2D eigenvalue weighted by atomic mass is 10.3. The largest absolute Gasteiger partial charge is 0.327 e. The van der Waals surface area contributed by atoms with Crippen LogP contribution in [0, 0.1) is 11.8 Å². The van der Waals surface area contributed by atoms with Crippen molar-refractivity contribution >= 4 is 23.5 Å². The molecule has 2 unspecified atom stereocenters. The molecule has 1 aliphatic rings. The van der Waals surface area contributed by atoms with E-state index < -0.39 is 0 Å². The number of amides is 3. The Morgan fingerprint density at radius 2 is 2.13 bits per heavy atom. The zero-order chi connectivity index (χ0) is 11.4. The van der Waals surface area contributed by atoms with Gasteiger partial charge in [-0.2, -0.15) is 0 Å². The molecule has 86 valence electrons. The first-order chi connectivity index (χ1) is 7.04. The molecule has 0 saturated heterocycles. The molecule has 1 aliphatic carbocycles. The molecule has 15 heavy (non-hydrogen) atoms. The maximum Gasteiger partial charge on any atom is 0.323 e. The van der Waals surface area contributed by atoms with Crippen LogP contribution in [-0.4, -0.2) is 36.3 Å². The van der Waals surface area contributed by atoms with Crippen molar-refractivity contribution in [3.63, 3.8) is 0 Å². The van der Waals surface area contributed by atoms with Crippen LogP contribution in [0.15, 0.2) is 0 Å². The van der Waals surface area contributed by atoms with E-state index in [1.54, 1.807) is 11.9 Å². The number of rotatable bonds is 4. The number of carbonyl (C=O) groups is 2. The standard InChI is InChI=1S/C10H17ClN2O2/c1-7-5-8(7)6-13(2)10(15)12-9(14)3-4-11/h7-8H,3-6H2,1-2H3,(H,12,14,15). The van der Waals surface area contributed by atoms with Crippen LogP contribution in [0.1, 0.15) is 19.8 Å². The predicted octanol–water partition coefficient (Wildman–Crippen LogP) is 1.44. The minimum atomic E-state index is -0.329. The van der Waals surface area contributed by atoms with Gasteiger partial charge in [0.15, 0.2) is 0 Å². The van der Waals surface area contributed by atoms with Gasteiger partial charge in [-0.1, -0.05) is 6.92 Å². The highest BCUT2D eigenvalue weighted by molar-refractivity contribution is 6.19. The molecule has 0 bridgehead atoms. The van der Waals surface area contributed by atoms with Crippen molar-refractivity contribution in [1.29, 1.82) is 0 Å². The highest BCUT2D eigenvalue weighted by atomic mass is 35.5. The van der Waals surface area contributed by atoms with Gasteiger partial charge >= 0.3 is 6.03 Å². The molecule has 3 amide bonds. The topological polar surface area (TPSA) is 49.4 Å². The number of carbonyl (C=O) groups excluding carboxylic acids is 2. The fourth-order valence-electron chi connectivity index (χ4n) is 1.45. The highest BCUT2D eigenvalue weighted by Gasteiger charge is 2.34. The summed E-state index contributed by atoms with van der Waals surface area (Å²) in [7, 11) is 1.70. The number of hydrogen-bond donors (Lipinski definition) is 1. The zero-order valence-electron chi connectivity index (χ0n) is 9.12. The minimum absolute atomic E-state index is 0.182. The van der Waals surface area contributed by atoms with E-state index in [9.17, 15) is 9.59 Å². The molecule has 1 N–H and O–H groups in total. The Morgan fingerprint density at radius 3 is 2.60 bits per heavy atom. The van der Waals surface area contributed by atoms with Gasteiger partial charge in [-0.05, 0) is 18.3 Å². The van der Waals surface area contributed by atoms with Gasteiger partial charge < -0.3 is 4.90 Å². The molecule has 0 spiro atoms. The molecule has 5 heteroatoms. The Bertz CT molecular complexity index is 258. The molecule has 0 radical (unpaired) electrons. The van der Waals surface area contributed by atoms with Gasteiger partial charge in [0.1, 0.15) is 0 Å². The summed E-state index contributed by atoms with van der Waals surface area (Å²) < 4.78 is 0. The second-order valence-corrected chi connectivity index (χ2v) is 4.52. The predicted molar refractivity (Wildman–Crippen MR) is 58.8 cm³/mol. The van der Waals surface area contributed by atoms with Crippen LogP contribution in [0.5, 0.6) is 0 Å². The number of hydrogen-bond acceptors (Lipinski definition) is 2. The molecule has 1 rings (SSSR count). The quantitative estimate of drug-likeness (QED) is 0.746. The lowest BCUT2D eigenvalue weighted by molar-refractivity contribution is -0.119. The minimum Gasteiger partial charge on any atom is -0.327 e. The maximum absolute atomic E-state index is 11.4. The van der Waals surface area contributed by atoms with Crippen molar-refractivity contribution in [3.8, 4) is 0 Å². The highest BCUT2D eigenvalue weighted by Crippen LogP contribution is 2.37. The summed E-state index contributed by atoms with van der Waals surface area (Å²) in [6.07, 6.45) is 1.36. The molecule has 0 aromatic rings. The van der Waals surface area contributed by atoms with Crippen LogP contribution in [0.4, 0.5) is 4.79 Å². The molecule has 1 saturated carbocycles. The summed E-state index contributed by atoms with van der Waals surface area (Å²) in [5.74, 6) is 1.23. The van der Waals surface area contributed by atoms with Crippen molar-refractivity contribution in [2.75, 3.05) is 19.5 Å². The molecule has 0 aliphatic heterocycles. The monoisotopic (exact) mass is 232 g/mol. The Balaban J connectivity index is 2.23. The van der Waals surface area contributed by atoms with Gasteiger partial charge in [0.05, 0.1) is 0 Å². The van der Waals surface area contributed by atoms with Crippen LogP contribution in [0.2, 0.25) is 0 Å². The van der Waals surface area contributed by atoms with E-state index in [4.69, 9.17) is 11.6 Å². The first-order valence-electron chi connectivity index (χ1n) is 5.15. The second kappa shape index (κ2) is 5.35. The third-order valence-electron chi connectivity index (χ3n) is 2.70. The van der Waals surface area contributed by atoms with Gasteiger partial charge in [0.25, 0.3) is 0 Å². The Morgan fingerprint density at radius 1 is 1.53 bits per heavy atom. The third-order valence-corrected chi connectivity index (χ3v) is 2.89. The van der Waals surface area contributed by atoms with E-state index in [0.717, 1.165) is 6.54 Å². The van der Waals surface area contributed by atoms with Crippen molar-refractivity contribution in [1.82, 2.24) is 10.2 Å². The van der Waals surface area contributed by atoms with Gasteiger partial charge in [-0.15, -0.1) is 11.6 Å². The van der Waals surface area contributed by atoms with Crippen LogP contribution < -0.4 is 5.32 Å². The number of imide groups is 1. The van der Waals surface area contributed by atoms with Crippen LogP contribution in [0.3, 0.4) is 0 Å². The van der Waals surface area contributed by atoms with E-state index in [1.807, 2.05) is 0 Å². The lowest BCUT2D eigenvalue weighted by Crippen LogP contribution is -2.41. The molecule has 0 aromatic carbocycles. The molecule has 0 aromatic heterocycles. The summed E-state index contributed by atoms with van der Waals surface area (Å²) in [6, 6.07) is -0.329. The summed E-state index contributed by atoms with van der Waals surface area (Å²) >= 11 is 5.39. The van der Waals surface area contributed by atoms with Gasteiger partial charge in [-0.25, -0.2) is 4.79 Å². The van der Waals surface area contributed by atoms with Gasteiger partial charge in [-0.3, -0.25) is 10.1 Å². The fourth-order valence-corrected chi connectivity index (χ4v) is 1.62. The van der Waals surface area contributed by atoms with E-state index in [1.165, 1.54) is 6.42 Å². The van der Waals surface area contributed by atoms with E-state index in [0.29, 0.717) is 11.8 Å². The number of alkyl halides is 1. The van der Waals surface area contributed by atoms with E-state index in [-0.39, 0.29) is 24.2 Å². The van der Waals surface area contributed by atoms with Crippen LogP contribution in [-0.2, 0) is 4.79 Å². The fraction of sp³-hybridized carbons (Fsp3) is 0.800. The average molecular weight is 233 g/mol. The van der Waals surface area contributed by atoms with Gasteiger partial charge in [0, 0.05) is 25.9 Å². The Labute approximate surface area is 95.0 Å². The average Bonchev–Trinajstić information content (AvgIpc) is 2.81. The smallest absolute Gasteiger partial charge is 0.323 e. The Hall–Kier alpha value is -0.770. The van der Waals surface area contributed by atoms with E-state index in [2.05, 4.69) is 12.2 Å². The summed E-state index contributed by atoms with van der Waals surface area (Å²) in [4.78, 5) is 24.1. The number of nitrogens with one attached hydrogen (secondary N) is 1. The van der Waals surface area contributed by atoms with Gasteiger partial charge in [0.2, 0.25) is 5.91 Å². The normalized spacial score (nSPS) is 23.4. The molecule has 4 nitrogen and oxygen atoms in total. The lowest BCUT2D eigenvalue weighted by Gasteiger charge is -2.16. The van der Waals surface area contributed by atoms with Crippen molar-refractivity contribution in [2.24, 2.45) is 11.8 Å². The van der Waals surface area contributed by atoms with E-state index >= 15 is 0 Å². The first kappa shape index (κ1) is 12.3. The second-order valence-electron chi connectivity index (χ2n) is 4.15. The molecule has 2 atom stereocenters. The van der Waals surface area contributed by atoms with Crippen molar-refractivity contribution in [2.45, 2.75) is 19.8 Å². The first-order valence-corrected chi connectivity index (χ1v) is 5.69. The molecular weight excluding hydrogens is 216 g/mol. The maximum atomic E-state index is 11.4. The van der Waals surface area contributed by atoms with Crippen molar-refractivity contribution in [3.05, 3.63) is 0 Å². The zero-order valence-corrected chi connectivity index (χ0v) is 9.88. The number of urea groups is 1. The summed E-state index contributed by atoms with van der Waals surface area (Å²) in [5, 5.41) is 2.29. The number of nitrogens with zero attached hydrogens (tertiary/aromatic N) is 1. The summed E-state index contributed by atoms with van der Waals surface area (Å²) in [5.41, 5.74) is 0. The molecule has 1 fully saturated rings.